The standard InChI is InChI=1S/C13H13N3O2/c1-2-16-12(17)7-11(13(16)18)15-10-6-4-3-5-9(10)8-14/h3-6,11,15H,2,7H2,1H3. The van der Waals surface area contributed by atoms with Crippen molar-refractivity contribution in [3.05, 3.63) is 29.8 Å². The Bertz CT molecular complexity index is 533. The second kappa shape index (κ2) is 4.88. The lowest BCUT2D eigenvalue weighted by atomic mass is 10.1. The summed E-state index contributed by atoms with van der Waals surface area (Å²) >= 11 is 0. The van der Waals surface area contributed by atoms with E-state index in [4.69, 9.17) is 5.26 Å². The molecule has 1 atom stereocenters. The topological polar surface area (TPSA) is 73.2 Å². The van der Waals surface area contributed by atoms with Crippen LogP contribution in [-0.2, 0) is 9.59 Å². The van der Waals surface area contributed by atoms with Crippen LogP contribution in [0, 0.1) is 11.3 Å². The minimum absolute atomic E-state index is 0.145. The van der Waals surface area contributed by atoms with Crippen molar-refractivity contribution in [2.45, 2.75) is 19.4 Å². The first-order valence-corrected chi connectivity index (χ1v) is 5.77. The number of likely N-dealkylation sites (N-methyl/N-ethyl adjacent to an activating group) is 1. The number of carbonyl (C=O) groups is 2. The highest BCUT2D eigenvalue weighted by atomic mass is 16.2. The van der Waals surface area contributed by atoms with E-state index >= 15 is 0 Å². The highest BCUT2D eigenvalue weighted by Crippen LogP contribution is 2.20. The molecule has 1 unspecified atom stereocenters. The van der Waals surface area contributed by atoms with Crippen LogP contribution in [-0.4, -0.2) is 29.3 Å². The summed E-state index contributed by atoms with van der Waals surface area (Å²) in [5.74, 6) is -0.398. The van der Waals surface area contributed by atoms with E-state index in [0.717, 1.165) is 0 Å². The number of nitriles is 1. The van der Waals surface area contributed by atoms with Crippen molar-refractivity contribution in [1.29, 1.82) is 5.26 Å². The molecule has 1 aliphatic heterocycles. The lowest BCUT2D eigenvalue weighted by Gasteiger charge is -2.14. The predicted octanol–water partition coefficient (Wildman–Crippen LogP) is 1.12. The van der Waals surface area contributed by atoms with Gasteiger partial charge in [0.1, 0.15) is 12.1 Å². The van der Waals surface area contributed by atoms with Crippen molar-refractivity contribution in [3.8, 4) is 6.07 Å². The van der Waals surface area contributed by atoms with Gasteiger partial charge in [-0.3, -0.25) is 14.5 Å². The van der Waals surface area contributed by atoms with E-state index in [-0.39, 0.29) is 18.2 Å². The number of carbonyl (C=O) groups excluding carboxylic acids is 2. The maximum Gasteiger partial charge on any atom is 0.252 e. The number of amides is 2. The zero-order valence-electron chi connectivity index (χ0n) is 10.0. The van der Waals surface area contributed by atoms with Gasteiger partial charge in [-0.2, -0.15) is 5.26 Å². The highest BCUT2D eigenvalue weighted by molar-refractivity contribution is 6.06. The van der Waals surface area contributed by atoms with Crippen LogP contribution in [0.1, 0.15) is 18.9 Å². The van der Waals surface area contributed by atoms with Crippen LogP contribution < -0.4 is 5.32 Å². The van der Waals surface area contributed by atoms with Crippen molar-refractivity contribution >= 4 is 17.5 Å². The highest BCUT2D eigenvalue weighted by Gasteiger charge is 2.37. The van der Waals surface area contributed by atoms with E-state index in [0.29, 0.717) is 17.8 Å². The minimum Gasteiger partial charge on any atom is -0.372 e. The number of nitrogens with one attached hydrogen (secondary N) is 1. The van der Waals surface area contributed by atoms with Crippen molar-refractivity contribution in [3.63, 3.8) is 0 Å². The number of nitrogens with zero attached hydrogens (tertiary/aromatic N) is 2. The van der Waals surface area contributed by atoms with Crippen molar-refractivity contribution < 1.29 is 9.59 Å². The van der Waals surface area contributed by atoms with Crippen molar-refractivity contribution in [1.82, 2.24) is 4.90 Å². The van der Waals surface area contributed by atoms with Crippen molar-refractivity contribution in [2.75, 3.05) is 11.9 Å². The monoisotopic (exact) mass is 243 g/mol. The lowest BCUT2D eigenvalue weighted by molar-refractivity contribution is -0.138. The summed E-state index contributed by atoms with van der Waals surface area (Å²) in [6.45, 7) is 2.15. The Morgan fingerprint density at radius 2 is 2.17 bits per heavy atom. The van der Waals surface area contributed by atoms with Crippen LogP contribution in [0.2, 0.25) is 0 Å². The van der Waals surface area contributed by atoms with Gasteiger partial charge >= 0.3 is 0 Å². The summed E-state index contributed by atoms with van der Waals surface area (Å²) in [6.07, 6.45) is 0.145. The average Bonchev–Trinajstić information content (AvgIpc) is 2.65. The minimum atomic E-state index is -0.563. The molecule has 0 aromatic heterocycles. The van der Waals surface area contributed by atoms with Gasteiger partial charge in [0, 0.05) is 6.54 Å². The molecule has 2 amide bonds. The Morgan fingerprint density at radius 1 is 1.44 bits per heavy atom. The SMILES string of the molecule is CCN1C(=O)CC(Nc2ccccc2C#N)C1=O. The number of anilines is 1. The van der Waals surface area contributed by atoms with E-state index in [1.165, 1.54) is 4.90 Å². The van der Waals surface area contributed by atoms with Crippen LogP contribution >= 0.6 is 0 Å². The molecule has 1 heterocycles. The Morgan fingerprint density at radius 3 is 2.78 bits per heavy atom. The molecule has 92 valence electrons. The maximum atomic E-state index is 11.9. The van der Waals surface area contributed by atoms with Gasteiger partial charge in [0.15, 0.2) is 0 Å². The molecule has 5 nitrogen and oxygen atoms in total. The molecule has 18 heavy (non-hydrogen) atoms. The fourth-order valence-electron chi connectivity index (χ4n) is 2.02. The summed E-state index contributed by atoms with van der Waals surface area (Å²) in [6, 6.07) is 8.41. The van der Waals surface area contributed by atoms with Gasteiger partial charge in [-0.25, -0.2) is 0 Å². The molecule has 1 aromatic rings. The summed E-state index contributed by atoms with van der Waals surface area (Å²) in [7, 11) is 0. The van der Waals surface area contributed by atoms with Gasteiger partial charge in [0.25, 0.3) is 5.91 Å². The third kappa shape index (κ3) is 2.05. The molecule has 0 bridgehead atoms. The van der Waals surface area contributed by atoms with Gasteiger partial charge in [-0.05, 0) is 19.1 Å². The first kappa shape index (κ1) is 12.1. The molecule has 0 radical (unpaired) electrons. The summed E-state index contributed by atoms with van der Waals surface area (Å²) in [4.78, 5) is 24.7. The number of hydrogen-bond acceptors (Lipinski definition) is 4. The third-order valence-corrected chi connectivity index (χ3v) is 2.94. The average molecular weight is 243 g/mol. The predicted molar refractivity (Wildman–Crippen MR) is 65.6 cm³/mol. The quantitative estimate of drug-likeness (QED) is 0.807. The second-order valence-electron chi connectivity index (χ2n) is 4.03. The molecular weight excluding hydrogens is 230 g/mol. The number of imide groups is 1. The van der Waals surface area contributed by atoms with Gasteiger partial charge in [0.2, 0.25) is 5.91 Å². The van der Waals surface area contributed by atoms with E-state index < -0.39 is 6.04 Å². The number of rotatable bonds is 3. The summed E-state index contributed by atoms with van der Waals surface area (Å²) in [5.41, 5.74) is 1.05. The number of likely N-dealkylation sites (tertiary alicyclic amines) is 1. The van der Waals surface area contributed by atoms with E-state index in [9.17, 15) is 9.59 Å². The van der Waals surface area contributed by atoms with E-state index in [2.05, 4.69) is 5.32 Å². The molecule has 1 saturated heterocycles. The zero-order chi connectivity index (χ0) is 13.1. The van der Waals surface area contributed by atoms with Crippen molar-refractivity contribution in [2.24, 2.45) is 0 Å². The molecule has 0 spiro atoms. The second-order valence-corrected chi connectivity index (χ2v) is 4.03. The van der Waals surface area contributed by atoms with Crippen LogP contribution in [0.5, 0.6) is 0 Å². The number of para-hydroxylation sites is 1. The van der Waals surface area contributed by atoms with Gasteiger partial charge in [-0.15, -0.1) is 0 Å². The fourth-order valence-corrected chi connectivity index (χ4v) is 2.02. The molecule has 5 heteroatoms. The van der Waals surface area contributed by atoms with Crippen LogP contribution in [0.15, 0.2) is 24.3 Å². The maximum absolute atomic E-state index is 11.9. The molecule has 1 fully saturated rings. The molecule has 2 rings (SSSR count). The Labute approximate surface area is 105 Å². The number of hydrogen-bond donors (Lipinski definition) is 1. The molecule has 0 aliphatic carbocycles. The molecular formula is C13H13N3O2. The van der Waals surface area contributed by atoms with Crippen LogP contribution in [0.25, 0.3) is 0 Å². The molecule has 1 aliphatic rings. The first-order valence-electron chi connectivity index (χ1n) is 5.77. The largest absolute Gasteiger partial charge is 0.372 e. The normalized spacial score (nSPS) is 18.9. The van der Waals surface area contributed by atoms with Gasteiger partial charge in [-0.1, -0.05) is 12.1 Å². The zero-order valence-corrected chi connectivity index (χ0v) is 10.0. The van der Waals surface area contributed by atoms with Gasteiger partial charge in [0.05, 0.1) is 17.7 Å². The first-order chi connectivity index (χ1) is 8.67. The van der Waals surface area contributed by atoms with E-state index in [1.54, 1.807) is 31.2 Å². The van der Waals surface area contributed by atoms with Crippen LogP contribution in [0.3, 0.4) is 0 Å². The lowest BCUT2D eigenvalue weighted by Crippen LogP contribution is -2.34. The smallest absolute Gasteiger partial charge is 0.252 e. The molecule has 1 aromatic carbocycles. The molecule has 1 N–H and O–H groups in total. The van der Waals surface area contributed by atoms with E-state index in [1.807, 2.05) is 6.07 Å². The Hall–Kier alpha value is -2.35. The summed E-state index contributed by atoms with van der Waals surface area (Å²) < 4.78 is 0. The van der Waals surface area contributed by atoms with Gasteiger partial charge < -0.3 is 5.32 Å². The fraction of sp³-hybridized carbons (Fsp3) is 0.308. The molecule has 0 saturated carbocycles. The van der Waals surface area contributed by atoms with Crippen LogP contribution in [0.4, 0.5) is 5.69 Å². The Kier molecular flexibility index (Phi) is 3.28. The summed E-state index contributed by atoms with van der Waals surface area (Å²) in [5, 5.41) is 11.9. The third-order valence-electron chi connectivity index (χ3n) is 2.94. The Balaban J connectivity index is 2.19. The number of benzene rings is 1.